The second-order valence-corrected chi connectivity index (χ2v) is 5.51. The van der Waals surface area contributed by atoms with Crippen molar-refractivity contribution in [2.75, 3.05) is 26.2 Å². The van der Waals surface area contributed by atoms with E-state index in [1.54, 1.807) is 0 Å². The third kappa shape index (κ3) is 6.08. The molecule has 0 atom stereocenters. The maximum atomic E-state index is 9.59. The molecule has 2 heterocycles. The van der Waals surface area contributed by atoms with E-state index in [9.17, 15) is 5.11 Å². The van der Waals surface area contributed by atoms with Crippen molar-refractivity contribution in [3.8, 4) is 0 Å². The fourth-order valence-electron chi connectivity index (χ4n) is 2.44. The Labute approximate surface area is 150 Å². The SMILES string of the molecule is CCNC(=NCCc1ccc(C)nc1)N1CCC(O)CC1.I. The molecule has 2 N–H and O–H groups in total. The summed E-state index contributed by atoms with van der Waals surface area (Å²) >= 11 is 0. The van der Waals surface area contributed by atoms with Crippen molar-refractivity contribution in [3.63, 3.8) is 0 Å². The number of rotatable bonds is 4. The highest BCUT2D eigenvalue weighted by molar-refractivity contribution is 14.0. The second kappa shape index (κ2) is 9.99. The number of guanidine groups is 1. The minimum absolute atomic E-state index is 0. The highest BCUT2D eigenvalue weighted by atomic mass is 127. The lowest BCUT2D eigenvalue weighted by molar-refractivity contribution is 0.108. The zero-order chi connectivity index (χ0) is 15.1. The Balaban J connectivity index is 0.00000242. The minimum atomic E-state index is -0.150. The highest BCUT2D eigenvalue weighted by Gasteiger charge is 2.19. The van der Waals surface area contributed by atoms with E-state index in [2.05, 4.69) is 28.2 Å². The van der Waals surface area contributed by atoms with Gasteiger partial charge in [0, 0.05) is 38.1 Å². The molecule has 0 radical (unpaired) electrons. The molecular weight excluding hydrogens is 391 g/mol. The summed E-state index contributed by atoms with van der Waals surface area (Å²) < 4.78 is 0. The molecule has 1 saturated heterocycles. The van der Waals surface area contributed by atoms with Crippen molar-refractivity contribution in [2.24, 2.45) is 4.99 Å². The number of nitrogens with zero attached hydrogens (tertiary/aromatic N) is 3. The van der Waals surface area contributed by atoms with Gasteiger partial charge in [0.25, 0.3) is 0 Å². The maximum Gasteiger partial charge on any atom is 0.193 e. The van der Waals surface area contributed by atoms with E-state index in [1.165, 1.54) is 5.56 Å². The van der Waals surface area contributed by atoms with Crippen LogP contribution in [0.1, 0.15) is 31.0 Å². The molecule has 1 aromatic heterocycles. The molecule has 1 aromatic rings. The fraction of sp³-hybridized carbons (Fsp3) is 0.625. The van der Waals surface area contributed by atoms with Crippen molar-refractivity contribution in [1.29, 1.82) is 0 Å². The number of hydrogen-bond donors (Lipinski definition) is 2. The first-order valence-corrected chi connectivity index (χ1v) is 7.82. The average molecular weight is 418 g/mol. The molecule has 0 bridgehead atoms. The summed E-state index contributed by atoms with van der Waals surface area (Å²) in [5.41, 5.74) is 2.26. The third-order valence-electron chi connectivity index (χ3n) is 3.73. The van der Waals surface area contributed by atoms with Crippen LogP contribution in [0.5, 0.6) is 0 Å². The quantitative estimate of drug-likeness (QED) is 0.446. The fourth-order valence-corrected chi connectivity index (χ4v) is 2.44. The number of aryl methyl sites for hydroxylation is 1. The number of nitrogens with one attached hydrogen (secondary N) is 1. The standard InChI is InChI=1S/C16H26N4O.HI/c1-3-17-16(20-10-7-15(21)8-11-20)18-9-6-14-5-4-13(2)19-12-14;/h4-5,12,15,21H,3,6-11H2,1-2H3,(H,17,18);1H. The van der Waals surface area contributed by atoms with Gasteiger partial charge in [-0.05, 0) is 44.7 Å². The Morgan fingerprint density at radius 1 is 1.41 bits per heavy atom. The Bertz CT molecular complexity index is 456. The average Bonchev–Trinajstić information content (AvgIpc) is 2.49. The Morgan fingerprint density at radius 2 is 2.14 bits per heavy atom. The van der Waals surface area contributed by atoms with Gasteiger partial charge in [-0.25, -0.2) is 0 Å². The zero-order valence-corrected chi connectivity index (χ0v) is 15.8. The van der Waals surface area contributed by atoms with Gasteiger partial charge >= 0.3 is 0 Å². The summed E-state index contributed by atoms with van der Waals surface area (Å²) in [5, 5.41) is 12.9. The van der Waals surface area contributed by atoms with Crippen LogP contribution in [0.25, 0.3) is 0 Å². The molecule has 6 heteroatoms. The summed E-state index contributed by atoms with van der Waals surface area (Å²) in [6.45, 7) is 7.45. The van der Waals surface area contributed by atoms with Crippen LogP contribution in [0, 0.1) is 6.92 Å². The summed E-state index contributed by atoms with van der Waals surface area (Å²) in [4.78, 5) is 11.3. The topological polar surface area (TPSA) is 60.8 Å². The van der Waals surface area contributed by atoms with Crippen molar-refractivity contribution in [3.05, 3.63) is 29.6 Å². The van der Waals surface area contributed by atoms with E-state index in [4.69, 9.17) is 4.99 Å². The van der Waals surface area contributed by atoms with Crippen LogP contribution >= 0.6 is 24.0 Å². The molecule has 0 aliphatic carbocycles. The normalized spacial score (nSPS) is 16.3. The highest BCUT2D eigenvalue weighted by Crippen LogP contribution is 2.10. The Hall–Kier alpha value is -0.890. The predicted molar refractivity (Wildman–Crippen MR) is 101 cm³/mol. The lowest BCUT2D eigenvalue weighted by Gasteiger charge is -2.32. The van der Waals surface area contributed by atoms with E-state index in [0.29, 0.717) is 0 Å². The van der Waals surface area contributed by atoms with E-state index < -0.39 is 0 Å². The van der Waals surface area contributed by atoms with E-state index in [1.807, 2.05) is 19.2 Å². The largest absolute Gasteiger partial charge is 0.393 e. The molecule has 0 saturated carbocycles. The number of halogens is 1. The van der Waals surface area contributed by atoms with Crippen LogP contribution in [0.3, 0.4) is 0 Å². The number of aliphatic imine (C=N–C) groups is 1. The molecular formula is C16H27IN4O. The molecule has 1 aliphatic heterocycles. The summed E-state index contributed by atoms with van der Waals surface area (Å²) in [6.07, 6.45) is 4.33. The molecule has 2 rings (SSSR count). The van der Waals surface area contributed by atoms with Gasteiger partial charge in [-0.3, -0.25) is 9.98 Å². The van der Waals surface area contributed by atoms with Crippen LogP contribution in [0.4, 0.5) is 0 Å². The van der Waals surface area contributed by atoms with E-state index in [-0.39, 0.29) is 30.1 Å². The lowest BCUT2D eigenvalue weighted by atomic mass is 10.1. The second-order valence-electron chi connectivity index (χ2n) is 5.51. The predicted octanol–water partition coefficient (Wildman–Crippen LogP) is 1.97. The number of aliphatic hydroxyl groups is 1. The number of likely N-dealkylation sites (tertiary alicyclic amines) is 1. The number of aliphatic hydroxyl groups excluding tert-OH is 1. The van der Waals surface area contributed by atoms with Gasteiger partial charge in [0.2, 0.25) is 0 Å². The van der Waals surface area contributed by atoms with Gasteiger partial charge in [0.15, 0.2) is 5.96 Å². The molecule has 0 spiro atoms. The van der Waals surface area contributed by atoms with Gasteiger partial charge in [-0.2, -0.15) is 0 Å². The first-order chi connectivity index (χ1) is 10.2. The van der Waals surface area contributed by atoms with E-state index >= 15 is 0 Å². The van der Waals surface area contributed by atoms with Crippen LogP contribution in [0.2, 0.25) is 0 Å². The van der Waals surface area contributed by atoms with Gasteiger partial charge in [0.1, 0.15) is 0 Å². The van der Waals surface area contributed by atoms with Gasteiger partial charge in [-0.15, -0.1) is 24.0 Å². The van der Waals surface area contributed by atoms with Crippen LogP contribution in [0.15, 0.2) is 23.3 Å². The van der Waals surface area contributed by atoms with Crippen molar-refractivity contribution in [2.45, 2.75) is 39.2 Å². The number of hydrogen-bond acceptors (Lipinski definition) is 3. The summed E-state index contributed by atoms with van der Waals surface area (Å²) in [6, 6.07) is 4.15. The van der Waals surface area contributed by atoms with Crippen molar-refractivity contribution < 1.29 is 5.11 Å². The lowest BCUT2D eigenvalue weighted by Crippen LogP contribution is -2.46. The smallest absolute Gasteiger partial charge is 0.193 e. The number of aromatic nitrogens is 1. The first-order valence-electron chi connectivity index (χ1n) is 7.82. The molecule has 0 unspecified atom stereocenters. The minimum Gasteiger partial charge on any atom is -0.393 e. The molecule has 5 nitrogen and oxygen atoms in total. The van der Waals surface area contributed by atoms with Gasteiger partial charge in [-0.1, -0.05) is 6.07 Å². The molecule has 1 aliphatic rings. The third-order valence-corrected chi connectivity index (χ3v) is 3.73. The molecule has 124 valence electrons. The van der Waals surface area contributed by atoms with Gasteiger partial charge in [0.05, 0.1) is 6.10 Å². The summed E-state index contributed by atoms with van der Waals surface area (Å²) in [7, 11) is 0. The van der Waals surface area contributed by atoms with Crippen LogP contribution in [-0.4, -0.2) is 53.2 Å². The maximum absolute atomic E-state index is 9.59. The zero-order valence-electron chi connectivity index (χ0n) is 13.5. The van der Waals surface area contributed by atoms with Gasteiger partial charge < -0.3 is 15.3 Å². The monoisotopic (exact) mass is 418 g/mol. The molecule has 22 heavy (non-hydrogen) atoms. The molecule has 0 amide bonds. The Kier molecular flexibility index (Phi) is 8.70. The van der Waals surface area contributed by atoms with Crippen molar-refractivity contribution in [1.82, 2.24) is 15.2 Å². The summed E-state index contributed by atoms with van der Waals surface area (Å²) in [5.74, 6) is 0.962. The van der Waals surface area contributed by atoms with Crippen LogP contribution in [-0.2, 0) is 6.42 Å². The number of pyridine rings is 1. The molecule has 1 fully saturated rings. The first kappa shape index (κ1) is 19.2. The van der Waals surface area contributed by atoms with Crippen molar-refractivity contribution >= 4 is 29.9 Å². The number of piperidine rings is 1. The van der Waals surface area contributed by atoms with E-state index in [0.717, 1.165) is 57.1 Å². The Morgan fingerprint density at radius 3 is 2.73 bits per heavy atom. The van der Waals surface area contributed by atoms with Crippen LogP contribution < -0.4 is 5.32 Å². The molecule has 0 aromatic carbocycles.